The number of aromatic hydroxyl groups is 1. The number of rotatable bonds is 1. The summed E-state index contributed by atoms with van der Waals surface area (Å²) < 4.78 is 20.1. The molecule has 6 heteroatoms. The summed E-state index contributed by atoms with van der Waals surface area (Å²) in [7, 11) is 0. The van der Waals surface area contributed by atoms with E-state index in [0.29, 0.717) is 17.9 Å². The van der Waals surface area contributed by atoms with Crippen LogP contribution in [0.15, 0.2) is 24.3 Å². The minimum atomic E-state index is -0.552. The average Bonchev–Trinajstić information content (AvgIpc) is 3.31. The van der Waals surface area contributed by atoms with Crippen LogP contribution in [0.2, 0.25) is 5.02 Å². The lowest BCUT2D eigenvalue weighted by molar-refractivity contribution is 0.0447. The first-order chi connectivity index (χ1) is 13.4. The zero-order valence-electron chi connectivity index (χ0n) is 15.7. The zero-order chi connectivity index (χ0) is 19.9. The van der Waals surface area contributed by atoms with Crippen molar-refractivity contribution in [2.45, 2.75) is 63.3 Å². The summed E-state index contributed by atoms with van der Waals surface area (Å²) in [6.07, 6.45) is 7.79. The second kappa shape index (κ2) is 7.54. The highest BCUT2D eigenvalue weighted by Gasteiger charge is 2.52. The van der Waals surface area contributed by atoms with Crippen LogP contribution in [0.5, 0.6) is 5.75 Å². The molecule has 5 rings (SSSR count). The van der Waals surface area contributed by atoms with Crippen molar-refractivity contribution in [1.29, 1.82) is 0 Å². The molecule has 1 aliphatic heterocycles. The summed E-state index contributed by atoms with van der Waals surface area (Å²) in [5.74, 6) is -0.729. The van der Waals surface area contributed by atoms with E-state index in [1.807, 2.05) is 0 Å². The van der Waals surface area contributed by atoms with Gasteiger partial charge in [0.05, 0.1) is 23.9 Å². The van der Waals surface area contributed by atoms with E-state index in [4.69, 9.17) is 27.2 Å². The van der Waals surface area contributed by atoms with Crippen molar-refractivity contribution in [2.75, 3.05) is 5.73 Å². The van der Waals surface area contributed by atoms with E-state index in [0.717, 1.165) is 36.8 Å². The Balaban J connectivity index is 0.000000233. The zero-order valence-corrected chi connectivity index (χ0v) is 16.4. The number of hydrogen-bond donors (Lipinski definition) is 3. The molecule has 2 saturated carbocycles. The lowest BCUT2D eigenvalue weighted by Gasteiger charge is -2.14. The largest absolute Gasteiger partial charge is 0.507 e. The molecule has 4 nitrogen and oxygen atoms in total. The predicted octanol–water partition coefficient (Wildman–Crippen LogP) is 5.26. The Morgan fingerprint density at radius 2 is 1.86 bits per heavy atom. The Morgan fingerprint density at radius 1 is 1.14 bits per heavy atom. The van der Waals surface area contributed by atoms with Crippen LogP contribution in [0.25, 0.3) is 11.1 Å². The molecule has 0 saturated heterocycles. The predicted molar refractivity (Wildman–Crippen MR) is 108 cm³/mol. The Morgan fingerprint density at radius 3 is 2.43 bits per heavy atom. The molecule has 0 bridgehead atoms. The Labute approximate surface area is 169 Å². The molecule has 0 atom stereocenters. The molecule has 150 valence electrons. The van der Waals surface area contributed by atoms with E-state index in [1.165, 1.54) is 31.4 Å². The van der Waals surface area contributed by atoms with Crippen LogP contribution in [-0.4, -0.2) is 16.3 Å². The van der Waals surface area contributed by atoms with Crippen molar-refractivity contribution < 1.29 is 19.3 Å². The van der Waals surface area contributed by atoms with Gasteiger partial charge in [0, 0.05) is 16.3 Å². The Hall–Kier alpha value is -1.82. The van der Waals surface area contributed by atoms with E-state index >= 15 is 0 Å². The topological polar surface area (TPSA) is 75.7 Å². The number of phenols is 1. The van der Waals surface area contributed by atoms with Crippen molar-refractivity contribution in [1.82, 2.24) is 0 Å². The third-order valence-electron chi connectivity index (χ3n) is 5.88. The minimum absolute atomic E-state index is 0.0359. The number of nitrogen functional groups attached to an aromatic ring is 1. The maximum absolute atomic E-state index is 14.3. The molecule has 1 heterocycles. The van der Waals surface area contributed by atoms with E-state index in [1.54, 1.807) is 12.1 Å². The highest BCUT2D eigenvalue weighted by Crippen LogP contribution is 2.58. The third-order valence-corrected chi connectivity index (χ3v) is 6.09. The smallest absolute Gasteiger partial charge is 0.136 e. The molecular weight excluding hydrogens is 381 g/mol. The molecule has 2 aromatic carbocycles. The van der Waals surface area contributed by atoms with Gasteiger partial charge in [0.25, 0.3) is 0 Å². The quantitative estimate of drug-likeness (QED) is 0.565. The summed E-state index contributed by atoms with van der Waals surface area (Å²) >= 11 is 5.76. The molecule has 1 spiro atoms. The standard InChI is InChI=1S/C16H13ClFNO2.C6H12O/c17-8-5-11(18)14(13(20)6-8)9-1-2-12(19)15-10(9)7-21-16(15)3-4-16;7-6-4-2-1-3-5-6/h1-2,5-6,20H,3-4,7,19H2;6-7H,1-5H2. The second-order valence-corrected chi connectivity index (χ2v) is 8.35. The monoisotopic (exact) mass is 405 g/mol. The van der Waals surface area contributed by atoms with Crippen LogP contribution >= 0.6 is 11.6 Å². The number of ether oxygens (including phenoxy) is 1. The van der Waals surface area contributed by atoms with Crippen LogP contribution in [0.3, 0.4) is 0 Å². The molecule has 4 N–H and O–H groups in total. The first-order valence-corrected chi connectivity index (χ1v) is 10.2. The molecular formula is C22H25ClFNO3. The fourth-order valence-electron chi connectivity index (χ4n) is 4.29. The fourth-order valence-corrected chi connectivity index (χ4v) is 4.49. The summed E-state index contributed by atoms with van der Waals surface area (Å²) in [6, 6.07) is 6.01. The Bertz CT molecular complexity index is 869. The summed E-state index contributed by atoms with van der Waals surface area (Å²) in [5.41, 5.74) is 9.05. The van der Waals surface area contributed by atoms with E-state index < -0.39 is 5.82 Å². The number of aliphatic hydroxyl groups is 1. The molecule has 2 aliphatic carbocycles. The van der Waals surface area contributed by atoms with Gasteiger partial charge in [-0.2, -0.15) is 0 Å². The van der Waals surface area contributed by atoms with Gasteiger partial charge in [-0.15, -0.1) is 0 Å². The van der Waals surface area contributed by atoms with Gasteiger partial charge in [0.15, 0.2) is 0 Å². The number of phenolic OH excluding ortho intramolecular Hbond substituents is 1. The summed E-state index contributed by atoms with van der Waals surface area (Å²) in [5, 5.41) is 19.1. The first-order valence-electron chi connectivity index (χ1n) is 9.83. The summed E-state index contributed by atoms with van der Waals surface area (Å²) in [6.45, 7) is 0.386. The maximum atomic E-state index is 14.3. The minimum Gasteiger partial charge on any atom is -0.507 e. The number of aliphatic hydroxyl groups excluding tert-OH is 1. The van der Waals surface area contributed by atoms with E-state index in [9.17, 15) is 9.50 Å². The van der Waals surface area contributed by atoms with Gasteiger partial charge < -0.3 is 20.7 Å². The first kappa shape index (κ1) is 19.5. The van der Waals surface area contributed by atoms with Gasteiger partial charge in [-0.1, -0.05) is 36.9 Å². The SMILES string of the molecule is Nc1ccc(-c2c(O)cc(Cl)cc2F)c2c1C1(CC1)OC2.OC1CCCCC1. The number of nitrogens with two attached hydrogens (primary N) is 1. The average molecular weight is 406 g/mol. The lowest BCUT2D eigenvalue weighted by Crippen LogP contribution is -2.09. The molecule has 0 aromatic heterocycles. The lowest BCUT2D eigenvalue weighted by atomic mass is 9.92. The normalized spacial score (nSPS) is 19.8. The summed E-state index contributed by atoms with van der Waals surface area (Å²) in [4.78, 5) is 0. The van der Waals surface area contributed by atoms with E-state index in [-0.39, 0.29) is 28.0 Å². The molecule has 0 radical (unpaired) electrons. The van der Waals surface area contributed by atoms with Gasteiger partial charge in [-0.05, 0) is 55.0 Å². The number of fused-ring (bicyclic) bond motifs is 2. The number of hydrogen-bond acceptors (Lipinski definition) is 4. The van der Waals surface area contributed by atoms with Gasteiger partial charge in [0.1, 0.15) is 11.6 Å². The molecule has 0 amide bonds. The molecule has 0 unspecified atom stereocenters. The highest BCUT2D eigenvalue weighted by molar-refractivity contribution is 6.30. The van der Waals surface area contributed by atoms with Crippen molar-refractivity contribution in [3.63, 3.8) is 0 Å². The third kappa shape index (κ3) is 3.59. The molecule has 3 aliphatic rings. The van der Waals surface area contributed by atoms with Crippen LogP contribution in [0.1, 0.15) is 56.1 Å². The van der Waals surface area contributed by atoms with Gasteiger partial charge in [-0.25, -0.2) is 4.39 Å². The van der Waals surface area contributed by atoms with Crippen molar-refractivity contribution in [3.05, 3.63) is 46.2 Å². The van der Waals surface area contributed by atoms with Crippen LogP contribution < -0.4 is 5.73 Å². The van der Waals surface area contributed by atoms with Crippen molar-refractivity contribution in [2.24, 2.45) is 0 Å². The second-order valence-electron chi connectivity index (χ2n) is 7.91. The van der Waals surface area contributed by atoms with Crippen LogP contribution in [-0.2, 0) is 16.9 Å². The molecule has 28 heavy (non-hydrogen) atoms. The fraction of sp³-hybridized carbons (Fsp3) is 0.455. The van der Waals surface area contributed by atoms with Crippen molar-refractivity contribution >= 4 is 17.3 Å². The number of anilines is 1. The van der Waals surface area contributed by atoms with E-state index in [2.05, 4.69) is 0 Å². The Kier molecular flexibility index (Phi) is 5.25. The maximum Gasteiger partial charge on any atom is 0.136 e. The number of halogens is 2. The number of benzene rings is 2. The van der Waals surface area contributed by atoms with Gasteiger partial charge >= 0.3 is 0 Å². The molecule has 2 fully saturated rings. The molecule has 2 aromatic rings. The highest BCUT2D eigenvalue weighted by atomic mass is 35.5. The van der Waals surface area contributed by atoms with Crippen LogP contribution in [0, 0.1) is 5.82 Å². The van der Waals surface area contributed by atoms with Crippen LogP contribution in [0.4, 0.5) is 10.1 Å². The van der Waals surface area contributed by atoms with Crippen molar-refractivity contribution in [3.8, 4) is 16.9 Å². The van der Waals surface area contributed by atoms with Gasteiger partial charge in [-0.3, -0.25) is 0 Å². The van der Waals surface area contributed by atoms with Gasteiger partial charge in [0.2, 0.25) is 0 Å².